The van der Waals surface area contributed by atoms with E-state index in [1.807, 2.05) is 13.0 Å². The molecule has 0 aliphatic carbocycles. The normalized spacial score (nSPS) is 10.3. The molecule has 0 aliphatic rings. The molecule has 2 N–H and O–H groups in total. The summed E-state index contributed by atoms with van der Waals surface area (Å²) in [6, 6.07) is 12.2. The number of aryl methyl sites for hydroxylation is 1. The Bertz CT molecular complexity index is 693. The number of nitrogen functional groups attached to an aromatic ring is 1. The largest absolute Gasteiger partial charge is 0.462 e. The van der Waals surface area contributed by atoms with Crippen LogP contribution >= 0.6 is 0 Å². The number of ether oxygens (including phenoxy) is 1. The van der Waals surface area contributed by atoms with Gasteiger partial charge in [-0.2, -0.15) is 0 Å². The maximum Gasteiger partial charge on any atom is 0.338 e. The summed E-state index contributed by atoms with van der Waals surface area (Å²) >= 11 is 0. The Balaban J connectivity index is 2.60. The second kappa shape index (κ2) is 6.89. The minimum Gasteiger partial charge on any atom is -0.462 e. The van der Waals surface area contributed by atoms with Crippen LogP contribution in [0.5, 0.6) is 0 Å². The average Bonchev–Trinajstić information content (AvgIpc) is 2.55. The smallest absolute Gasteiger partial charge is 0.338 e. The predicted octanol–water partition coefficient (Wildman–Crippen LogP) is 3.24. The quantitative estimate of drug-likeness (QED) is 0.522. The summed E-state index contributed by atoms with van der Waals surface area (Å²) in [5, 5.41) is 0. The third kappa shape index (κ3) is 3.01. The molecule has 0 saturated heterocycles. The van der Waals surface area contributed by atoms with Gasteiger partial charge in [-0.05, 0) is 25.0 Å². The van der Waals surface area contributed by atoms with Crippen molar-refractivity contribution in [2.75, 3.05) is 12.3 Å². The molecule has 4 heteroatoms. The zero-order chi connectivity index (χ0) is 16.1. The van der Waals surface area contributed by atoms with E-state index in [-0.39, 0.29) is 23.5 Å². The Labute approximate surface area is 129 Å². The summed E-state index contributed by atoms with van der Waals surface area (Å²) in [5.74, 6) is -0.799. The number of ketones is 1. The van der Waals surface area contributed by atoms with Crippen LogP contribution in [0.3, 0.4) is 0 Å². The zero-order valence-corrected chi connectivity index (χ0v) is 12.8. The second-order valence-electron chi connectivity index (χ2n) is 4.83. The van der Waals surface area contributed by atoms with E-state index in [4.69, 9.17) is 10.5 Å². The molecule has 0 unspecified atom stereocenters. The Hall–Kier alpha value is -2.62. The molecule has 0 heterocycles. The van der Waals surface area contributed by atoms with Gasteiger partial charge in [0.2, 0.25) is 0 Å². The summed E-state index contributed by atoms with van der Waals surface area (Å²) in [6.45, 7) is 3.92. The Morgan fingerprint density at radius 1 is 1.05 bits per heavy atom. The standard InChI is InChI=1S/C18H19NO3/c1-3-12-10-11-14(18(21)22-4-2)15(16(12)19)17(20)13-8-6-5-7-9-13/h5-11H,3-4,19H2,1-2H3. The fourth-order valence-electron chi connectivity index (χ4n) is 2.33. The molecule has 0 radical (unpaired) electrons. The van der Waals surface area contributed by atoms with Gasteiger partial charge < -0.3 is 10.5 Å². The average molecular weight is 297 g/mol. The molecule has 0 spiro atoms. The van der Waals surface area contributed by atoms with Gasteiger partial charge in [-0.3, -0.25) is 4.79 Å². The van der Waals surface area contributed by atoms with Crippen molar-refractivity contribution in [1.29, 1.82) is 0 Å². The van der Waals surface area contributed by atoms with E-state index in [2.05, 4.69) is 0 Å². The number of nitrogens with two attached hydrogens (primary N) is 1. The van der Waals surface area contributed by atoms with Gasteiger partial charge in [-0.1, -0.05) is 43.3 Å². The first-order valence-electron chi connectivity index (χ1n) is 7.28. The van der Waals surface area contributed by atoms with E-state index >= 15 is 0 Å². The topological polar surface area (TPSA) is 69.4 Å². The Morgan fingerprint density at radius 2 is 1.73 bits per heavy atom. The van der Waals surface area contributed by atoms with Crippen molar-refractivity contribution in [2.45, 2.75) is 20.3 Å². The minimum atomic E-state index is -0.531. The van der Waals surface area contributed by atoms with Crippen molar-refractivity contribution in [1.82, 2.24) is 0 Å². The molecular formula is C18H19NO3. The molecule has 2 rings (SSSR count). The lowest BCUT2D eigenvalue weighted by Crippen LogP contribution is -2.16. The molecular weight excluding hydrogens is 278 g/mol. The van der Waals surface area contributed by atoms with Crippen LogP contribution in [0.1, 0.15) is 45.7 Å². The maximum atomic E-state index is 12.8. The summed E-state index contributed by atoms with van der Waals surface area (Å²) in [6.07, 6.45) is 0.685. The highest BCUT2D eigenvalue weighted by atomic mass is 16.5. The van der Waals surface area contributed by atoms with Crippen LogP contribution in [-0.2, 0) is 11.2 Å². The third-order valence-corrected chi connectivity index (χ3v) is 3.48. The molecule has 4 nitrogen and oxygen atoms in total. The highest BCUT2D eigenvalue weighted by Crippen LogP contribution is 2.26. The number of carbonyl (C=O) groups excluding carboxylic acids is 2. The number of rotatable bonds is 5. The molecule has 0 bridgehead atoms. The van der Waals surface area contributed by atoms with Gasteiger partial charge in [-0.25, -0.2) is 4.79 Å². The molecule has 114 valence electrons. The molecule has 0 fully saturated rings. The van der Waals surface area contributed by atoms with E-state index in [9.17, 15) is 9.59 Å². The van der Waals surface area contributed by atoms with Crippen molar-refractivity contribution in [3.63, 3.8) is 0 Å². The molecule has 0 aromatic heterocycles. The molecule has 0 atom stereocenters. The number of hydrogen-bond acceptors (Lipinski definition) is 4. The van der Waals surface area contributed by atoms with Gasteiger partial charge in [0.1, 0.15) is 0 Å². The lowest BCUT2D eigenvalue weighted by atomic mass is 9.93. The lowest BCUT2D eigenvalue weighted by Gasteiger charge is -2.14. The molecule has 2 aromatic rings. The van der Waals surface area contributed by atoms with Crippen LogP contribution in [0.25, 0.3) is 0 Å². The van der Waals surface area contributed by atoms with Crippen LogP contribution in [-0.4, -0.2) is 18.4 Å². The molecule has 22 heavy (non-hydrogen) atoms. The maximum absolute atomic E-state index is 12.8. The first-order chi connectivity index (χ1) is 10.6. The minimum absolute atomic E-state index is 0.213. The first-order valence-corrected chi connectivity index (χ1v) is 7.28. The van der Waals surface area contributed by atoms with Gasteiger partial charge in [0, 0.05) is 11.3 Å². The highest BCUT2D eigenvalue weighted by molar-refractivity contribution is 6.17. The number of esters is 1. The fraction of sp³-hybridized carbons (Fsp3) is 0.222. The Morgan fingerprint density at radius 3 is 2.32 bits per heavy atom. The van der Waals surface area contributed by atoms with Crippen molar-refractivity contribution < 1.29 is 14.3 Å². The van der Waals surface area contributed by atoms with E-state index in [0.29, 0.717) is 17.7 Å². The second-order valence-corrected chi connectivity index (χ2v) is 4.83. The van der Waals surface area contributed by atoms with Crippen molar-refractivity contribution in [3.05, 3.63) is 64.7 Å². The molecule has 2 aromatic carbocycles. The Kier molecular flexibility index (Phi) is 4.94. The number of carbonyl (C=O) groups is 2. The summed E-state index contributed by atoms with van der Waals surface area (Å²) in [5.41, 5.74) is 8.26. The van der Waals surface area contributed by atoms with E-state index in [1.54, 1.807) is 43.3 Å². The summed E-state index contributed by atoms with van der Waals surface area (Å²) < 4.78 is 5.04. The van der Waals surface area contributed by atoms with Gasteiger partial charge >= 0.3 is 5.97 Å². The SMILES string of the molecule is CCOC(=O)c1ccc(CC)c(N)c1C(=O)c1ccccc1. The number of hydrogen-bond donors (Lipinski definition) is 1. The zero-order valence-electron chi connectivity index (χ0n) is 12.8. The predicted molar refractivity (Wildman–Crippen MR) is 86.1 cm³/mol. The van der Waals surface area contributed by atoms with Crippen LogP contribution < -0.4 is 5.73 Å². The van der Waals surface area contributed by atoms with Crippen LogP contribution in [0.15, 0.2) is 42.5 Å². The van der Waals surface area contributed by atoms with Gasteiger partial charge in [0.25, 0.3) is 0 Å². The van der Waals surface area contributed by atoms with Crippen molar-refractivity contribution in [2.24, 2.45) is 0 Å². The van der Waals surface area contributed by atoms with Gasteiger partial charge in [-0.15, -0.1) is 0 Å². The van der Waals surface area contributed by atoms with E-state index < -0.39 is 5.97 Å². The number of benzene rings is 2. The summed E-state index contributed by atoms with van der Waals surface area (Å²) in [7, 11) is 0. The van der Waals surface area contributed by atoms with E-state index in [1.165, 1.54) is 0 Å². The van der Waals surface area contributed by atoms with Crippen LogP contribution in [0.2, 0.25) is 0 Å². The van der Waals surface area contributed by atoms with Crippen molar-refractivity contribution >= 4 is 17.4 Å². The van der Waals surface area contributed by atoms with E-state index in [0.717, 1.165) is 5.56 Å². The lowest BCUT2D eigenvalue weighted by molar-refractivity contribution is 0.0523. The molecule has 0 saturated carbocycles. The first kappa shape index (κ1) is 15.8. The van der Waals surface area contributed by atoms with Crippen molar-refractivity contribution in [3.8, 4) is 0 Å². The molecule has 0 aliphatic heterocycles. The summed E-state index contributed by atoms with van der Waals surface area (Å²) in [4.78, 5) is 24.9. The van der Waals surface area contributed by atoms with Gasteiger partial charge in [0.15, 0.2) is 5.78 Å². The fourth-order valence-corrected chi connectivity index (χ4v) is 2.33. The van der Waals surface area contributed by atoms with Crippen LogP contribution in [0, 0.1) is 0 Å². The highest BCUT2D eigenvalue weighted by Gasteiger charge is 2.23. The number of anilines is 1. The van der Waals surface area contributed by atoms with Gasteiger partial charge in [0.05, 0.1) is 17.7 Å². The third-order valence-electron chi connectivity index (χ3n) is 3.48. The molecule has 0 amide bonds. The van der Waals surface area contributed by atoms with Crippen LogP contribution in [0.4, 0.5) is 5.69 Å². The monoisotopic (exact) mass is 297 g/mol.